The molecule has 2 heterocycles. The maximum Gasteiger partial charge on any atom is 0.324 e. The van der Waals surface area contributed by atoms with Gasteiger partial charge in [-0.2, -0.15) is 4.31 Å². The molecule has 0 radical (unpaired) electrons. The van der Waals surface area contributed by atoms with Crippen molar-refractivity contribution in [1.82, 2.24) is 9.29 Å². The van der Waals surface area contributed by atoms with Crippen LogP contribution in [0.5, 0.6) is 0 Å². The smallest absolute Gasteiger partial charge is 0.324 e. The van der Waals surface area contributed by atoms with E-state index in [0.29, 0.717) is 31.2 Å². The second-order valence-electron chi connectivity index (χ2n) is 7.44. The van der Waals surface area contributed by atoms with Crippen molar-refractivity contribution in [3.8, 4) is 0 Å². The Labute approximate surface area is 181 Å². The first-order chi connectivity index (χ1) is 14.9. The Hall–Kier alpha value is -2.85. The summed E-state index contributed by atoms with van der Waals surface area (Å²) in [6, 6.07) is 8.45. The van der Waals surface area contributed by atoms with Gasteiger partial charge in [0, 0.05) is 31.1 Å². The van der Waals surface area contributed by atoms with E-state index in [1.54, 1.807) is 12.4 Å². The molecule has 1 aliphatic heterocycles. The van der Waals surface area contributed by atoms with Gasteiger partial charge < -0.3 is 4.74 Å². The molecule has 1 aromatic heterocycles. The normalized spacial score (nSPS) is 17.2. The highest BCUT2D eigenvalue weighted by atomic mass is 32.2. The minimum absolute atomic E-state index is 0.170. The number of aromatic nitrogens is 1. The minimum atomic E-state index is -3.84. The van der Waals surface area contributed by atoms with E-state index in [1.165, 1.54) is 28.6 Å². The lowest BCUT2D eigenvalue weighted by Crippen LogP contribution is -2.49. The molecular formula is C21H25N3O6S. The van der Waals surface area contributed by atoms with Crippen LogP contribution in [0.3, 0.4) is 0 Å². The molecule has 9 nitrogen and oxygen atoms in total. The highest BCUT2D eigenvalue weighted by molar-refractivity contribution is 7.88. The van der Waals surface area contributed by atoms with Gasteiger partial charge in [0.1, 0.15) is 6.04 Å². The van der Waals surface area contributed by atoms with Gasteiger partial charge in [-0.3, -0.25) is 19.9 Å². The molecule has 166 valence electrons. The van der Waals surface area contributed by atoms with Crippen molar-refractivity contribution in [2.75, 3.05) is 13.2 Å². The molecule has 0 bridgehead atoms. The fourth-order valence-corrected chi connectivity index (χ4v) is 5.37. The number of sulfonamides is 1. The molecule has 0 amide bonds. The van der Waals surface area contributed by atoms with Crippen LogP contribution in [0.4, 0.5) is 5.69 Å². The first-order valence-electron chi connectivity index (χ1n) is 10.2. The van der Waals surface area contributed by atoms with Crippen molar-refractivity contribution in [1.29, 1.82) is 0 Å². The lowest BCUT2D eigenvalue weighted by molar-refractivity contribution is -0.384. The Morgan fingerprint density at radius 1 is 1.23 bits per heavy atom. The Balaban J connectivity index is 1.61. The van der Waals surface area contributed by atoms with Crippen LogP contribution in [-0.4, -0.2) is 47.8 Å². The molecule has 3 rings (SSSR count). The van der Waals surface area contributed by atoms with Gasteiger partial charge in [0.2, 0.25) is 10.0 Å². The standard InChI is InChI=1S/C21H25N3O6S/c25-21(30-13-5-8-17-7-4-11-22-15-17)20-10-1-2-12-23(20)31(28,29)16-18-6-3-9-19(14-18)24(26)27/h3-4,6-7,9,11,14-15,20H,1-2,5,8,10,12-13,16H2. The quantitative estimate of drug-likeness (QED) is 0.251. The molecular weight excluding hydrogens is 422 g/mol. The average Bonchev–Trinajstić information content (AvgIpc) is 2.77. The molecule has 31 heavy (non-hydrogen) atoms. The lowest BCUT2D eigenvalue weighted by Gasteiger charge is -2.33. The summed E-state index contributed by atoms with van der Waals surface area (Å²) in [7, 11) is -3.84. The molecule has 0 aliphatic carbocycles. The zero-order chi connectivity index (χ0) is 22.3. The summed E-state index contributed by atoms with van der Waals surface area (Å²) in [4.78, 5) is 27.1. The van der Waals surface area contributed by atoms with Crippen molar-refractivity contribution in [3.63, 3.8) is 0 Å². The number of aryl methyl sites for hydroxylation is 1. The second-order valence-corrected chi connectivity index (χ2v) is 9.36. The van der Waals surface area contributed by atoms with E-state index < -0.39 is 32.7 Å². The number of benzene rings is 1. The molecule has 1 aliphatic rings. The van der Waals surface area contributed by atoms with Crippen molar-refractivity contribution in [2.24, 2.45) is 0 Å². The molecule has 1 aromatic carbocycles. The van der Waals surface area contributed by atoms with Crippen LogP contribution in [0.2, 0.25) is 0 Å². The van der Waals surface area contributed by atoms with Gasteiger partial charge in [-0.15, -0.1) is 0 Å². The molecule has 1 unspecified atom stereocenters. The number of esters is 1. The third-order valence-electron chi connectivity index (χ3n) is 5.13. The molecule has 1 saturated heterocycles. The highest BCUT2D eigenvalue weighted by Crippen LogP contribution is 2.25. The maximum atomic E-state index is 13.0. The number of hydrogen-bond acceptors (Lipinski definition) is 7. The average molecular weight is 448 g/mol. The Morgan fingerprint density at radius 2 is 2.03 bits per heavy atom. The van der Waals surface area contributed by atoms with Crippen molar-refractivity contribution in [2.45, 2.75) is 43.9 Å². The van der Waals surface area contributed by atoms with Gasteiger partial charge in [0.05, 0.1) is 17.3 Å². The number of nitro benzene ring substituents is 1. The molecule has 0 N–H and O–H groups in total. The summed E-state index contributed by atoms with van der Waals surface area (Å²) in [6.45, 7) is 0.426. The number of carbonyl (C=O) groups is 1. The first-order valence-corrected chi connectivity index (χ1v) is 11.8. The zero-order valence-electron chi connectivity index (χ0n) is 17.1. The van der Waals surface area contributed by atoms with Gasteiger partial charge >= 0.3 is 5.97 Å². The predicted molar refractivity (Wildman–Crippen MR) is 114 cm³/mol. The molecule has 1 atom stereocenters. The van der Waals surface area contributed by atoms with Crippen LogP contribution in [-0.2, 0) is 31.7 Å². The number of rotatable bonds is 9. The highest BCUT2D eigenvalue weighted by Gasteiger charge is 2.37. The molecule has 1 fully saturated rings. The summed E-state index contributed by atoms with van der Waals surface area (Å²) >= 11 is 0. The number of nitrogens with zero attached hydrogens (tertiary/aromatic N) is 3. The number of pyridine rings is 1. The topological polar surface area (TPSA) is 120 Å². The minimum Gasteiger partial charge on any atom is -0.464 e. The SMILES string of the molecule is O=C(OCCCc1cccnc1)C1CCCCN1S(=O)(=O)Cc1cccc([N+](=O)[O-])c1. The van der Waals surface area contributed by atoms with E-state index in [-0.39, 0.29) is 18.8 Å². The third-order valence-corrected chi connectivity index (χ3v) is 6.98. The van der Waals surface area contributed by atoms with Crippen molar-refractivity contribution in [3.05, 3.63) is 70.0 Å². The van der Waals surface area contributed by atoms with E-state index in [0.717, 1.165) is 12.0 Å². The van der Waals surface area contributed by atoms with Crippen LogP contribution in [0.1, 0.15) is 36.8 Å². The van der Waals surface area contributed by atoms with Gasteiger partial charge in [0.25, 0.3) is 5.69 Å². The molecule has 0 saturated carbocycles. The Kier molecular flexibility index (Phi) is 7.69. The van der Waals surface area contributed by atoms with E-state index >= 15 is 0 Å². The summed E-state index contributed by atoms with van der Waals surface area (Å²) < 4.78 is 32.6. The first kappa shape index (κ1) is 22.8. The second kappa shape index (κ2) is 10.5. The number of carbonyl (C=O) groups excluding carboxylic acids is 1. The number of hydrogen-bond donors (Lipinski definition) is 0. The van der Waals surface area contributed by atoms with E-state index in [9.17, 15) is 23.3 Å². The van der Waals surface area contributed by atoms with Gasteiger partial charge in [-0.25, -0.2) is 8.42 Å². The molecule has 2 aromatic rings. The van der Waals surface area contributed by atoms with Crippen molar-refractivity contribution < 1.29 is 22.9 Å². The summed E-state index contributed by atoms with van der Waals surface area (Å²) in [6.07, 6.45) is 6.55. The number of non-ortho nitro benzene ring substituents is 1. The fourth-order valence-electron chi connectivity index (χ4n) is 3.62. The van der Waals surface area contributed by atoms with Crippen LogP contribution in [0.25, 0.3) is 0 Å². The zero-order valence-corrected chi connectivity index (χ0v) is 17.9. The van der Waals surface area contributed by atoms with E-state index in [1.807, 2.05) is 12.1 Å². The molecule has 0 spiro atoms. The van der Waals surface area contributed by atoms with Crippen LogP contribution in [0.15, 0.2) is 48.8 Å². The molecule has 10 heteroatoms. The van der Waals surface area contributed by atoms with Crippen LogP contribution < -0.4 is 0 Å². The fraction of sp³-hybridized carbons (Fsp3) is 0.429. The van der Waals surface area contributed by atoms with Gasteiger partial charge in [0.15, 0.2) is 0 Å². The lowest BCUT2D eigenvalue weighted by atomic mass is 10.1. The third kappa shape index (κ3) is 6.31. The number of piperidine rings is 1. The number of nitro groups is 1. The van der Waals surface area contributed by atoms with Crippen LogP contribution in [0, 0.1) is 10.1 Å². The van der Waals surface area contributed by atoms with Crippen LogP contribution >= 0.6 is 0 Å². The van der Waals surface area contributed by atoms with Gasteiger partial charge in [-0.1, -0.05) is 18.2 Å². The van der Waals surface area contributed by atoms with E-state index in [4.69, 9.17) is 4.74 Å². The number of ether oxygens (including phenoxy) is 1. The maximum absolute atomic E-state index is 13.0. The Morgan fingerprint density at radius 3 is 2.77 bits per heavy atom. The summed E-state index contributed by atoms with van der Waals surface area (Å²) in [5.41, 5.74) is 1.18. The largest absolute Gasteiger partial charge is 0.464 e. The van der Waals surface area contributed by atoms with Gasteiger partial charge in [-0.05, 0) is 49.3 Å². The van der Waals surface area contributed by atoms with Crippen molar-refractivity contribution >= 4 is 21.7 Å². The summed E-state index contributed by atoms with van der Waals surface area (Å²) in [5, 5.41) is 11.0. The Bertz CT molecular complexity index is 1010. The predicted octanol–water partition coefficient (Wildman–Crippen LogP) is 2.85. The van der Waals surface area contributed by atoms with E-state index in [2.05, 4.69) is 4.98 Å². The monoisotopic (exact) mass is 447 g/mol. The summed E-state index contributed by atoms with van der Waals surface area (Å²) in [5.74, 6) is -0.951.